The van der Waals surface area contributed by atoms with Crippen molar-refractivity contribution in [1.82, 2.24) is 0 Å². The molecular formula is C10H11FO3. The number of para-hydroxylation sites is 1. The Morgan fingerprint density at radius 2 is 2.14 bits per heavy atom. The summed E-state index contributed by atoms with van der Waals surface area (Å²) in [6.45, 7) is 0. The van der Waals surface area contributed by atoms with Crippen molar-refractivity contribution in [3.8, 4) is 5.75 Å². The third-order valence-corrected chi connectivity index (χ3v) is 2.19. The molecule has 3 nitrogen and oxygen atoms in total. The predicted molar refractivity (Wildman–Crippen MR) is 49.3 cm³/mol. The quantitative estimate of drug-likeness (QED) is 0.745. The van der Waals surface area contributed by atoms with E-state index >= 15 is 0 Å². The molecule has 0 bridgehead atoms. The van der Waals surface area contributed by atoms with Gasteiger partial charge in [0.25, 0.3) is 0 Å². The lowest BCUT2D eigenvalue weighted by Crippen LogP contribution is -2.30. The number of carboxylic acid groups (broad SMARTS) is 1. The summed E-state index contributed by atoms with van der Waals surface area (Å²) in [5.74, 6) is -0.171. The van der Waals surface area contributed by atoms with E-state index in [1.54, 1.807) is 0 Å². The van der Waals surface area contributed by atoms with Crippen molar-refractivity contribution >= 4 is 5.97 Å². The smallest absolute Gasteiger partial charge is 0.344 e. The van der Waals surface area contributed by atoms with Crippen molar-refractivity contribution in [3.05, 3.63) is 29.8 Å². The lowest BCUT2D eigenvalue weighted by Gasteiger charge is -2.22. The van der Waals surface area contributed by atoms with Crippen molar-refractivity contribution in [2.24, 2.45) is 0 Å². The van der Waals surface area contributed by atoms with E-state index in [9.17, 15) is 4.79 Å². The van der Waals surface area contributed by atoms with E-state index in [1.165, 1.54) is 0 Å². The molecule has 1 aromatic rings. The number of hydrogen-bond acceptors (Lipinski definition) is 2. The number of aliphatic carboxylic acids is 1. The Bertz CT molecular complexity index is 338. The Balaban J connectivity index is 0.000000980. The minimum Gasteiger partial charge on any atom is -0.479 e. The zero-order valence-electron chi connectivity index (χ0n) is 7.47. The highest BCUT2D eigenvalue weighted by Crippen LogP contribution is 2.26. The molecular weight excluding hydrogens is 187 g/mol. The van der Waals surface area contributed by atoms with Crippen LogP contribution in [0.4, 0.5) is 4.70 Å². The molecule has 1 aliphatic rings. The van der Waals surface area contributed by atoms with Gasteiger partial charge in [-0.2, -0.15) is 0 Å². The molecule has 0 amide bonds. The van der Waals surface area contributed by atoms with Gasteiger partial charge in [0.2, 0.25) is 0 Å². The van der Waals surface area contributed by atoms with Gasteiger partial charge in [0, 0.05) is 0 Å². The summed E-state index contributed by atoms with van der Waals surface area (Å²) >= 11 is 0. The fourth-order valence-corrected chi connectivity index (χ4v) is 1.50. The number of halogens is 1. The van der Waals surface area contributed by atoms with E-state index in [0.717, 1.165) is 12.0 Å². The summed E-state index contributed by atoms with van der Waals surface area (Å²) in [4.78, 5) is 10.6. The second kappa shape index (κ2) is 4.09. The van der Waals surface area contributed by atoms with Gasteiger partial charge in [0.1, 0.15) is 5.75 Å². The number of benzene rings is 1. The van der Waals surface area contributed by atoms with Gasteiger partial charge in [-0.1, -0.05) is 18.2 Å². The number of aryl methyl sites for hydroxylation is 1. The number of rotatable bonds is 1. The van der Waals surface area contributed by atoms with Crippen LogP contribution in [0.3, 0.4) is 0 Å². The highest BCUT2D eigenvalue weighted by atomic mass is 19.0. The van der Waals surface area contributed by atoms with E-state index in [2.05, 4.69) is 0 Å². The van der Waals surface area contributed by atoms with E-state index in [1.807, 2.05) is 24.3 Å². The van der Waals surface area contributed by atoms with Crippen molar-refractivity contribution in [2.45, 2.75) is 18.9 Å². The molecule has 1 unspecified atom stereocenters. The van der Waals surface area contributed by atoms with Crippen LogP contribution in [0.15, 0.2) is 24.3 Å². The highest BCUT2D eigenvalue weighted by molar-refractivity contribution is 5.73. The monoisotopic (exact) mass is 198 g/mol. The number of fused-ring (bicyclic) bond motifs is 1. The lowest BCUT2D eigenvalue weighted by molar-refractivity contribution is -0.145. The number of carboxylic acids is 1. The highest BCUT2D eigenvalue weighted by Gasteiger charge is 2.24. The molecule has 1 atom stereocenters. The van der Waals surface area contributed by atoms with Crippen LogP contribution >= 0.6 is 0 Å². The van der Waals surface area contributed by atoms with Crippen LogP contribution in [0, 0.1) is 0 Å². The standard InChI is InChI=1S/C10H10O3.FH/c11-10(12)9-6-5-7-3-1-2-4-8(7)13-9;/h1-4,9H,5-6H2,(H,11,12);1H. The average Bonchev–Trinajstić information content (AvgIpc) is 2.17. The van der Waals surface area contributed by atoms with Crippen molar-refractivity contribution < 1.29 is 19.3 Å². The molecule has 0 aliphatic carbocycles. The second-order valence-corrected chi connectivity index (χ2v) is 3.09. The largest absolute Gasteiger partial charge is 0.479 e. The average molecular weight is 198 g/mol. The molecule has 1 N–H and O–H groups in total. The minimum absolute atomic E-state index is 0. The molecule has 1 aromatic carbocycles. The fraction of sp³-hybridized carbons (Fsp3) is 0.300. The molecule has 2 rings (SSSR count). The molecule has 76 valence electrons. The zero-order chi connectivity index (χ0) is 9.26. The van der Waals surface area contributed by atoms with Crippen molar-refractivity contribution in [1.29, 1.82) is 0 Å². The molecule has 1 aliphatic heterocycles. The Kier molecular flexibility index (Phi) is 3.06. The SMILES string of the molecule is F.O=C(O)C1CCc2ccccc2O1. The summed E-state index contributed by atoms with van der Waals surface area (Å²) in [7, 11) is 0. The maximum Gasteiger partial charge on any atom is 0.344 e. The first kappa shape index (κ1) is 10.5. The van der Waals surface area contributed by atoms with Gasteiger partial charge < -0.3 is 9.84 Å². The lowest BCUT2D eigenvalue weighted by atomic mass is 10.0. The molecule has 0 aromatic heterocycles. The Hall–Kier alpha value is -1.58. The first-order valence-electron chi connectivity index (χ1n) is 4.25. The summed E-state index contributed by atoms with van der Waals surface area (Å²) in [5.41, 5.74) is 1.10. The van der Waals surface area contributed by atoms with Crippen LogP contribution in [0.2, 0.25) is 0 Å². The minimum atomic E-state index is -0.880. The molecule has 0 saturated carbocycles. The Morgan fingerprint density at radius 3 is 2.86 bits per heavy atom. The van der Waals surface area contributed by atoms with Gasteiger partial charge in [-0.3, -0.25) is 4.70 Å². The van der Waals surface area contributed by atoms with Gasteiger partial charge in [-0.25, -0.2) is 4.79 Å². The molecule has 0 saturated heterocycles. The van der Waals surface area contributed by atoms with Gasteiger partial charge in [-0.05, 0) is 24.5 Å². The predicted octanol–water partition coefficient (Wildman–Crippen LogP) is 1.62. The van der Waals surface area contributed by atoms with Crippen LogP contribution < -0.4 is 4.74 Å². The molecule has 0 spiro atoms. The molecule has 0 radical (unpaired) electrons. The molecule has 4 heteroatoms. The Labute approximate surface area is 80.7 Å². The molecule has 0 fully saturated rings. The van der Waals surface area contributed by atoms with E-state index in [0.29, 0.717) is 12.2 Å². The second-order valence-electron chi connectivity index (χ2n) is 3.09. The van der Waals surface area contributed by atoms with Gasteiger partial charge >= 0.3 is 5.97 Å². The molecule has 1 heterocycles. The number of ether oxygens (including phenoxy) is 1. The van der Waals surface area contributed by atoms with Crippen LogP contribution in [-0.2, 0) is 11.2 Å². The maximum atomic E-state index is 10.6. The topological polar surface area (TPSA) is 46.5 Å². The summed E-state index contributed by atoms with van der Waals surface area (Å²) < 4.78 is 5.29. The number of carbonyl (C=O) groups is 1. The van der Waals surface area contributed by atoms with E-state index in [-0.39, 0.29) is 4.70 Å². The van der Waals surface area contributed by atoms with Crippen LogP contribution in [0.5, 0.6) is 5.75 Å². The normalized spacial score (nSPS) is 18.7. The van der Waals surface area contributed by atoms with Crippen LogP contribution in [0.25, 0.3) is 0 Å². The first-order valence-corrected chi connectivity index (χ1v) is 4.25. The summed E-state index contributed by atoms with van der Waals surface area (Å²) in [6.07, 6.45) is 0.675. The van der Waals surface area contributed by atoms with Crippen LogP contribution in [-0.4, -0.2) is 17.2 Å². The third kappa shape index (κ3) is 1.84. The fourth-order valence-electron chi connectivity index (χ4n) is 1.50. The van der Waals surface area contributed by atoms with Gasteiger partial charge in [0.05, 0.1) is 0 Å². The first-order chi connectivity index (χ1) is 6.27. The van der Waals surface area contributed by atoms with Gasteiger partial charge in [0.15, 0.2) is 6.10 Å². The maximum absolute atomic E-state index is 10.6. The van der Waals surface area contributed by atoms with Crippen molar-refractivity contribution in [3.63, 3.8) is 0 Å². The summed E-state index contributed by atoms with van der Waals surface area (Å²) in [5, 5.41) is 8.74. The summed E-state index contributed by atoms with van der Waals surface area (Å²) in [6, 6.07) is 7.56. The van der Waals surface area contributed by atoms with E-state index < -0.39 is 12.1 Å². The Morgan fingerprint density at radius 1 is 1.43 bits per heavy atom. The molecule has 14 heavy (non-hydrogen) atoms. The third-order valence-electron chi connectivity index (χ3n) is 2.19. The van der Waals surface area contributed by atoms with E-state index in [4.69, 9.17) is 9.84 Å². The van der Waals surface area contributed by atoms with Crippen LogP contribution in [0.1, 0.15) is 12.0 Å². The van der Waals surface area contributed by atoms with Crippen molar-refractivity contribution in [2.75, 3.05) is 0 Å². The van der Waals surface area contributed by atoms with Gasteiger partial charge in [-0.15, -0.1) is 0 Å². The number of hydrogen-bond donors (Lipinski definition) is 1. The zero-order valence-corrected chi connectivity index (χ0v) is 7.47.